The van der Waals surface area contributed by atoms with E-state index in [9.17, 15) is 0 Å². The maximum absolute atomic E-state index is 2.36. The van der Waals surface area contributed by atoms with Crippen molar-refractivity contribution in [2.75, 3.05) is 0 Å². The predicted molar refractivity (Wildman–Crippen MR) is 109 cm³/mol. The van der Waals surface area contributed by atoms with Crippen molar-refractivity contribution in [2.24, 2.45) is 0 Å². The number of rotatable bonds is 0. The fraction of sp³-hybridized carbons (Fsp3) is 0.400. The number of hydrogen-bond acceptors (Lipinski definition) is 0. The fourth-order valence-corrected chi connectivity index (χ4v) is 1.07. The van der Waals surface area contributed by atoms with E-state index in [1.165, 1.54) is 11.1 Å². The van der Waals surface area contributed by atoms with E-state index in [0.717, 1.165) is 0 Å². The Hall–Kier alpha value is 0.908. The van der Waals surface area contributed by atoms with Crippen molar-refractivity contribution < 1.29 is 25.8 Å². The molecule has 0 spiro atoms. The minimum absolute atomic E-state index is 0. The summed E-state index contributed by atoms with van der Waals surface area (Å²) in [5, 5.41) is 0. The molecule has 0 heterocycles. The molecule has 0 N–H and O–H groups in total. The third kappa shape index (κ3) is 35.0. The summed E-state index contributed by atoms with van der Waals surface area (Å²) < 4.78 is 0. The van der Waals surface area contributed by atoms with Crippen LogP contribution in [0.4, 0.5) is 0 Å². The van der Waals surface area contributed by atoms with Crippen molar-refractivity contribution in [3.05, 3.63) is 71.8 Å². The van der Waals surface area contributed by atoms with E-state index in [4.69, 9.17) is 0 Å². The van der Waals surface area contributed by atoms with Crippen LogP contribution in [-0.2, 0) is 25.8 Å². The Morgan fingerprint density at radius 1 is 0.478 bits per heavy atom. The van der Waals surface area contributed by atoms with Crippen LogP contribution in [0.5, 0.6) is 0 Å². The van der Waals surface area contributed by atoms with Crippen molar-refractivity contribution >= 4 is 39.5 Å². The van der Waals surface area contributed by atoms with Crippen LogP contribution in [0.3, 0.4) is 0 Å². The monoisotopic (exact) mass is 694 g/mol. The summed E-state index contributed by atoms with van der Waals surface area (Å²) in [6.45, 7) is 4.17. The molecule has 126 valence electrons. The molecule has 23 heavy (non-hydrogen) atoms. The van der Waals surface area contributed by atoms with Crippen LogP contribution < -0.4 is 0 Å². The van der Waals surface area contributed by atoms with Crippen molar-refractivity contribution in [1.29, 1.82) is 0 Å². The van der Waals surface area contributed by atoms with Crippen molar-refractivity contribution in [3.63, 3.8) is 0 Å². The average Bonchev–Trinajstić information content (AvgIpc) is 2.40. The molecule has 0 saturated heterocycles. The molecule has 2 radical (unpaired) electrons. The SMILES string of the molecule is Cc1ccccc1.Cc1ccccc1.[CH3][Sn]([CH3])[CH3].[CH3][Sn]([CH3])[CH3].[Hf]. The van der Waals surface area contributed by atoms with Crippen LogP contribution in [0.1, 0.15) is 11.1 Å². The van der Waals surface area contributed by atoms with Crippen LogP contribution in [0.25, 0.3) is 0 Å². The van der Waals surface area contributed by atoms with Crippen molar-refractivity contribution in [2.45, 2.75) is 43.5 Å². The van der Waals surface area contributed by atoms with Gasteiger partial charge in [0.15, 0.2) is 0 Å². The Morgan fingerprint density at radius 2 is 0.652 bits per heavy atom. The molecule has 0 aliphatic rings. The van der Waals surface area contributed by atoms with E-state index >= 15 is 0 Å². The smallest absolute Gasteiger partial charge is 0 e. The zero-order chi connectivity index (χ0) is 17.4. The van der Waals surface area contributed by atoms with Gasteiger partial charge in [-0.3, -0.25) is 0 Å². The molecule has 0 bridgehead atoms. The van der Waals surface area contributed by atoms with Gasteiger partial charge in [-0.2, -0.15) is 0 Å². The van der Waals surface area contributed by atoms with Gasteiger partial charge in [-0.05, 0) is 13.8 Å². The average molecular weight is 690 g/mol. The van der Waals surface area contributed by atoms with Gasteiger partial charge in [-0.15, -0.1) is 0 Å². The van der Waals surface area contributed by atoms with Crippen LogP contribution in [0.2, 0.25) is 29.6 Å². The second kappa shape index (κ2) is 21.0. The van der Waals surface area contributed by atoms with Gasteiger partial charge in [0.05, 0.1) is 0 Å². The molecule has 0 aromatic heterocycles. The number of hydrogen-bond donors (Lipinski definition) is 0. The second-order valence-corrected chi connectivity index (χ2v) is 23.4. The van der Waals surface area contributed by atoms with Gasteiger partial charge in [-0.25, -0.2) is 0 Å². The molecule has 0 unspecified atom stereocenters. The van der Waals surface area contributed by atoms with Gasteiger partial charge in [-0.1, -0.05) is 71.8 Å². The summed E-state index contributed by atoms with van der Waals surface area (Å²) in [5.74, 6) is 0. The van der Waals surface area contributed by atoms with E-state index in [2.05, 4.69) is 67.8 Å². The van der Waals surface area contributed by atoms with Crippen LogP contribution >= 0.6 is 0 Å². The summed E-state index contributed by atoms with van der Waals surface area (Å²) >= 11 is -1.09. The number of aryl methyl sites for hydroxylation is 2. The normalized spacial score (nSPS) is 8.43. The first-order valence-corrected chi connectivity index (χ1v) is 24.9. The standard InChI is InChI=1S/2C7H8.6CH3.Hf.2Sn/c2*1-7-5-3-2-4-6-7;;;;;;;;;/h2*2-6H,1H3;6*1H3;;;. The van der Waals surface area contributed by atoms with Gasteiger partial charge < -0.3 is 0 Å². The van der Waals surface area contributed by atoms with Crippen LogP contribution in [0.15, 0.2) is 60.7 Å². The van der Waals surface area contributed by atoms with Gasteiger partial charge in [0.25, 0.3) is 0 Å². The summed E-state index contributed by atoms with van der Waals surface area (Å²) in [6.07, 6.45) is 0. The topological polar surface area (TPSA) is 0 Å². The first kappa shape index (κ1) is 28.7. The van der Waals surface area contributed by atoms with Gasteiger partial charge in [0, 0.05) is 25.8 Å². The predicted octanol–water partition coefficient (Wildman–Crippen LogP) is 6.73. The van der Waals surface area contributed by atoms with Gasteiger partial charge in [0.2, 0.25) is 0 Å². The summed E-state index contributed by atoms with van der Waals surface area (Å²) in [5.41, 5.74) is 2.64. The third-order valence-corrected chi connectivity index (χ3v) is 1.88. The largest absolute Gasteiger partial charge is 0 e. The summed E-state index contributed by atoms with van der Waals surface area (Å²) in [4.78, 5) is 14.2. The molecule has 0 nitrogen and oxygen atoms in total. The molecule has 0 aliphatic carbocycles. The molecular formula is C20H34HfSn2. The molecule has 2 aromatic carbocycles. The van der Waals surface area contributed by atoms with Crippen molar-refractivity contribution in [3.8, 4) is 0 Å². The summed E-state index contributed by atoms with van der Waals surface area (Å²) in [7, 11) is 0. The molecule has 2 aromatic rings. The molecule has 0 aliphatic heterocycles. The van der Waals surface area contributed by atoms with E-state index in [1.54, 1.807) is 0 Å². The molecule has 2 rings (SSSR count). The van der Waals surface area contributed by atoms with Crippen LogP contribution in [-0.4, -0.2) is 39.5 Å². The van der Waals surface area contributed by atoms with E-state index < -0.39 is 39.5 Å². The Morgan fingerprint density at radius 3 is 0.739 bits per heavy atom. The van der Waals surface area contributed by atoms with Crippen molar-refractivity contribution in [1.82, 2.24) is 0 Å². The Balaban J connectivity index is -0.000000238. The maximum Gasteiger partial charge on any atom is 0 e. The van der Waals surface area contributed by atoms with Gasteiger partial charge in [0.1, 0.15) is 0 Å². The first-order chi connectivity index (χ1) is 10.3. The Labute approximate surface area is 178 Å². The molecule has 0 atom stereocenters. The van der Waals surface area contributed by atoms with Crippen LogP contribution in [0, 0.1) is 13.8 Å². The van der Waals surface area contributed by atoms with Gasteiger partial charge >= 0.3 is 69.2 Å². The third-order valence-electron chi connectivity index (χ3n) is 1.88. The molecule has 3 heteroatoms. The number of benzene rings is 2. The Kier molecular flexibility index (Phi) is 26.1. The van der Waals surface area contributed by atoms with E-state index in [0.29, 0.717) is 0 Å². The quantitative estimate of drug-likeness (QED) is 0.269. The minimum atomic E-state index is -0.543. The van der Waals surface area contributed by atoms with E-state index in [1.807, 2.05) is 36.4 Å². The summed E-state index contributed by atoms with van der Waals surface area (Å²) in [6, 6.07) is 20.5. The molecule has 0 amide bonds. The van der Waals surface area contributed by atoms with E-state index in [-0.39, 0.29) is 25.8 Å². The second-order valence-electron chi connectivity index (χ2n) is 6.31. The molecule has 0 fully saturated rings. The maximum atomic E-state index is 2.36. The molecular weight excluding hydrogens is 656 g/mol. The minimum Gasteiger partial charge on any atom is 0 e. The first-order valence-electron chi connectivity index (χ1n) is 7.82. The zero-order valence-corrected chi connectivity index (χ0v) is 25.6. The Bertz CT molecular complexity index is 379. The zero-order valence-electron chi connectivity index (χ0n) is 16.3. The molecule has 0 saturated carbocycles. The fourth-order valence-electron chi connectivity index (χ4n) is 1.07.